The number of alkyl halides is 3. The Morgan fingerprint density at radius 1 is 0.975 bits per heavy atom. The molecular weight excluding hydrogens is 544 g/mol. The number of nitrogens with zero attached hydrogens (tertiary/aromatic N) is 4. The first-order valence-electron chi connectivity index (χ1n) is 13.2. The van der Waals surface area contributed by atoms with Crippen LogP contribution in [0.1, 0.15) is 81.9 Å². The third-order valence-electron chi connectivity index (χ3n) is 6.36. The summed E-state index contributed by atoms with van der Waals surface area (Å²) in [6, 6.07) is 0.184. The van der Waals surface area contributed by atoms with Crippen LogP contribution in [0.2, 0.25) is 0 Å². The number of benzene rings is 1. The number of rotatable bonds is 12. The fourth-order valence-electron chi connectivity index (χ4n) is 4.24. The molecule has 0 saturated heterocycles. The van der Waals surface area contributed by atoms with E-state index in [1.54, 1.807) is 0 Å². The van der Waals surface area contributed by atoms with Crippen LogP contribution in [0.5, 0.6) is 0 Å². The smallest absolute Gasteiger partial charge is 0.451 e. The number of hydrogen-bond acceptors (Lipinski definition) is 5. The van der Waals surface area contributed by atoms with E-state index < -0.39 is 47.4 Å². The first-order valence-corrected chi connectivity index (χ1v) is 13.2. The first kappa shape index (κ1) is 33.0. The summed E-state index contributed by atoms with van der Waals surface area (Å²) in [6.45, 7) is 1.90. The Balaban J connectivity index is 0.000000395. The number of carbonyl (C=O) groups is 2. The molecule has 1 aromatic carbocycles. The summed E-state index contributed by atoms with van der Waals surface area (Å²) in [5.74, 6) is -5.81. The Bertz CT molecular complexity index is 1120. The number of carboxylic acids is 1. The number of unbranched alkanes of at least 4 members (excludes halogenated alkanes) is 6. The summed E-state index contributed by atoms with van der Waals surface area (Å²) in [5, 5.41) is 14.9. The van der Waals surface area contributed by atoms with Crippen LogP contribution in [-0.4, -0.2) is 49.2 Å². The Kier molecular flexibility index (Phi) is 12.9. The maximum atomic E-state index is 13.7. The van der Waals surface area contributed by atoms with Crippen molar-refractivity contribution in [3.05, 3.63) is 46.8 Å². The monoisotopic (exact) mass is 579 g/mol. The van der Waals surface area contributed by atoms with Gasteiger partial charge in [-0.15, -0.1) is 10.2 Å². The predicted molar refractivity (Wildman–Crippen MR) is 133 cm³/mol. The van der Waals surface area contributed by atoms with E-state index in [1.807, 2.05) is 0 Å². The van der Waals surface area contributed by atoms with Gasteiger partial charge in [0.1, 0.15) is 5.82 Å². The van der Waals surface area contributed by atoms with Crippen LogP contribution in [0.25, 0.3) is 0 Å². The molecule has 3 N–H and O–H groups in total. The van der Waals surface area contributed by atoms with Crippen LogP contribution in [0, 0.1) is 17.5 Å². The standard InChI is InChI=1S/C16H15F6N5O.C10H20O2/c17-10-6-12(19)11(18)4-8(10)3-9(23)5-14(28)26-1-2-27-13(7-26)24-25-15(27)16(20,21)22;1-2-3-4-5-6-7-8-9-10(11)12/h4,6,9H,1-3,5,7,23H2;2-9H2,1H3,(H,11,12)/t9-;/m1./s1. The molecule has 0 fully saturated rings. The van der Waals surface area contributed by atoms with Crippen molar-refractivity contribution >= 4 is 11.9 Å². The van der Waals surface area contributed by atoms with Crippen molar-refractivity contribution in [3.8, 4) is 0 Å². The van der Waals surface area contributed by atoms with Crippen LogP contribution < -0.4 is 5.73 Å². The molecule has 0 bridgehead atoms. The Labute approximate surface area is 228 Å². The average Bonchev–Trinajstić information content (AvgIpc) is 3.31. The summed E-state index contributed by atoms with van der Waals surface area (Å²) in [5.41, 5.74) is 5.64. The summed E-state index contributed by atoms with van der Waals surface area (Å²) < 4.78 is 79.3. The minimum Gasteiger partial charge on any atom is -0.481 e. The quantitative estimate of drug-likeness (QED) is 0.202. The zero-order valence-corrected chi connectivity index (χ0v) is 22.3. The van der Waals surface area contributed by atoms with Crippen molar-refractivity contribution in [2.75, 3.05) is 6.54 Å². The van der Waals surface area contributed by atoms with Gasteiger partial charge in [0, 0.05) is 38.0 Å². The Hall–Kier alpha value is -3.16. The summed E-state index contributed by atoms with van der Waals surface area (Å²) >= 11 is 0. The van der Waals surface area contributed by atoms with Crippen LogP contribution in [0.3, 0.4) is 0 Å². The molecular formula is C26H35F6N5O3. The van der Waals surface area contributed by atoms with Crippen LogP contribution in [-0.2, 0) is 35.3 Å². The number of carboxylic acid groups (broad SMARTS) is 1. The van der Waals surface area contributed by atoms with Crippen molar-refractivity contribution in [2.45, 2.75) is 96.4 Å². The molecule has 2 aromatic rings. The van der Waals surface area contributed by atoms with Crippen molar-refractivity contribution in [1.29, 1.82) is 0 Å². The molecule has 1 aliphatic rings. The molecule has 224 valence electrons. The maximum absolute atomic E-state index is 13.7. The molecule has 1 amide bonds. The Morgan fingerprint density at radius 2 is 1.60 bits per heavy atom. The number of carbonyl (C=O) groups excluding carboxylic acids is 1. The molecule has 40 heavy (non-hydrogen) atoms. The molecule has 0 unspecified atom stereocenters. The summed E-state index contributed by atoms with van der Waals surface area (Å²) in [7, 11) is 0. The minimum absolute atomic E-state index is 0.000783. The van der Waals surface area contributed by atoms with E-state index in [2.05, 4.69) is 17.1 Å². The number of aliphatic carboxylic acids is 1. The number of amides is 1. The zero-order valence-electron chi connectivity index (χ0n) is 22.3. The second-order valence-corrected chi connectivity index (χ2v) is 9.70. The molecule has 1 aromatic heterocycles. The molecule has 0 radical (unpaired) electrons. The summed E-state index contributed by atoms with van der Waals surface area (Å²) in [6.07, 6.45) is 3.54. The zero-order chi connectivity index (χ0) is 29.9. The molecule has 1 aliphatic heterocycles. The lowest BCUT2D eigenvalue weighted by Gasteiger charge is -2.29. The normalized spacial score (nSPS) is 13.8. The van der Waals surface area contributed by atoms with E-state index in [1.165, 1.54) is 37.0 Å². The molecule has 8 nitrogen and oxygen atoms in total. The number of halogens is 6. The van der Waals surface area contributed by atoms with E-state index in [0.717, 1.165) is 17.4 Å². The van der Waals surface area contributed by atoms with Crippen molar-refractivity contribution in [2.24, 2.45) is 5.73 Å². The van der Waals surface area contributed by atoms with Gasteiger partial charge in [0.25, 0.3) is 0 Å². The maximum Gasteiger partial charge on any atom is 0.451 e. The van der Waals surface area contributed by atoms with E-state index in [4.69, 9.17) is 10.8 Å². The van der Waals surface area contributed by atoms with Gasteiger partial charge in [0.05, 0.1) is 6.54 Å². The van der Waals surface area contributed by atoms with Gasteiger partial charge in [-0.1, -0.05) is 45.4 Å². The largest absolute Gasteiger partial charge is 0.481 e. The molecule has 0 aliphatic carbocycles. The van der Waals surface area contributed by atoms with E-state index >= 15 is 0 Å². The van der Waals surface area contributed by atoms with Gasteiger partial charge in [-0.2, -0.15) is 13.2 Å². The molecule has 1 atom stereocenters. The number of nitrogens with two attached hydrogens (primary N) is 1. The second kappa shape index (κ2) is 15.6. The van der Waals surface area contributed by atoms with Crippen molar-refractivity contribution in [3.63, 3.8) is 0 Å². The number of aromatic nitrogens is 3. The first-order chi connectivity index (χ1) is 18.8. The van der Waals surface area contributed by atoms with Crippen LogP contribution in [0.15, 0.2) is 12.1 Å². The van der Waals surface area contributed by atoms with Gasteiger partial charge >= 0.3 is 12.1 Å². The minimum atomic E-state index is -4.64. The van der Waals surface area contributed by atoms with Gasteiger partial charge in [0.2, 0.25) is 11.7 Å². The SMILES string of the molecule is CCCCCCCCCC(=O)O.N[C@@H](CC(=O)N1CCn2c(nnc2C(F)(F)F)C1)Cc1cc(F)c(F)cc1F. The number of hydrogen-bond donors (Lipinski definition) is 2. The van der Waals surface area contributed by atoms with Crippen LogP contribution in [0.4, 0.5) is 26.3 Å². The van der Waals surface area contributed by atoms with Gasteiger partial charge in [-0.25, -0.2) is 13.2 Å². The predicted octanol–water partition coefficient (Wildman–Crippen LogP) is 5.23. The molecule has 14 heteroatoms. The van der Waals surface area contributed by atoms with E-state index in [9.17, 15) is 35.9 Å². The lowest BCUT2D eigenvalue weighted by atomic mass is 10.0. The highest BCUT2D eigenvalue weighted by Crippen LogP contribution is 2.29. The molecule has 0 spiro atoms. The highest BCUT2D eigenvalue weighted by molar-refractivity contribution is 5.77. The van der Waals surface area contributed by atoms with Crippen molar-refractivity contribution < 1.29 is 41.0 Å². The van der Waals surface area contributed by atoms with Crippen LogP contribution >= 0.6 is 0 Å². The fourth-order valence-corrected chi connectivity index (χ4v) is 4.24. The highest BCUT2D eigenvalue weighted by Gasteiger charge is 2.40. The van der Waals surface area contributed by atoms with Gasteiger partial charge in [-0.3, -0.25) is 9.59 Å². The Morgan fingerprint density at radius 3 is 2.23 bits per heavy atom. The molecule has 0 saturated carbocycles. The van der Waals surface area contributed by atoms with Gasteiger partial charge in [-0.05, 0) is 24.5 Å². The van der Waals surface area contributed by atoms with Crippen molar-refractivity contribution in [1.82, 2.24) is 19.7 Å². The third kappa shape index (κ3) is 10.4. The molecule has 2 heterocycles. The topological polar surface area (TPSA) is 114 Å². The molecule has 3 rings (SSSR count). The lowest BCUT2D eigenvalue weighted by molar-refractivity contribution is -0.148. The highest BCUT2D eigenvalue weighted by atomic mass is 19.4. The van der Waals surface area contributed by atoms with E-state index in [0.29, 0.717) is 18.6 Å². The third-order valence-corrected chi connectivity index (χ3v) is 6.36. The van der Waals surface area contributed by atoms with Gasteiger partial charge < -0.3 is 20.3 Å². The fraction of sp³-hybridized carbons (Fsp3) is 0.615. The second-order valence-electron chi connectivity index (χ2n) is 9.70. The summed E-state index contributed by atoms with van der Waals surface area (Å²) in [4.78, 5) is 23.8. The van der Waals surface area contributed by atoms with Gasteiger partial charge in [0.15, 0.2) is 17.5 Å². The number of fused-ring (bicyclic) bond motifs is 1. The van der Waals surface area contributed by atoms with E-state index in [-0.39, 0.29) is 43.9 Å². The average molecular weight is 580 g/mol. The lowest BCUT2D eigenvalue weighted by Crippen LogP contribution is -2.42.